The number of ether oxygens (including phenoxy) is 1. The molecular formula is C16H25N3O. The molecule has 1 N–H and O–H groups in total. The van der Waals surface area contributed by atoms with Gasteiger partial charge in [0.2, 0.25) is 0 Å². The van der Waals surface area contributed by atoms with Crippen molar-refractivity contribution >= 4 is 5.69 Å². The Kier molecular flexibility index (Phi) is 4.13. The van der Waals surface area contributed by atoms with Gasteiger partial charge < -0.3 is 15.0 Å². The lowest BCUT2D eigenvalue weighted by molar-refractivity contribution is 0.230. The van der Waals surface area contributed by atoms with Gasteiger partial charge >= 0.3 is 0 Å². The van der Waals surface area contributed by atoms with Gasteiger partial charge in [0, 0.05) is 63.1 Å². The van der Waals surface area contributed by atoms with Crippen molar-refractivity contribution in [2.75, 3.05) is 51.8 Å². The maximum absolute atomic E-state index is 5.76. The molecule has 0 radical (unpaired) electrons. The zero-order valence-electron chi connectivity index (χ0n) is 12.6. The lowest BCUT2D eigenvalue weighted by Crippen LogP contribution is -2.43. The van der Waals surface area contributed by atoms with Crippen molar-refractivity contribution in [2.24, 2.45) is 0 Å². The molecule has 0 saturated carbocycles. The SMILES string of the molecule is COc1c(CN2CCNCC2)ccc2c1CCCN2C. The second-order valence-electron chi connectivity index (χ2n) is 5.81. The normalized spacial score (nSPS) is 19.8. The van der Waals surface area contributed by atoms with Crippen LogP contribution in [0, 0.1) is 0 Å². The molecule has 4 heteroatoms. The van der Waals surface area contributed by atoms with Crippen LogP contribution in [0.4, 0.5) is 5.69 Å². The van der Waals surface area contributed by atoms with E-state index in [0.717, 1.165) is 51.4 Å². The summed E-state index contributed by atoms with van der Waals surface area (Å²) in [5.74, 6) is 1.12. The largest absolute Gasteiger partial charge is 0.496 e. The number of hydrogen-bond donors (Lipinski definition) is 1. The van der Waals surface area contributed by atoms with Gasteiger partial charge in [-0.25, -0.2) is 0 Å². The first-order chi connectivity index (χ1) is 9.79. The van der Waals surface area contributed by atoms with Gasteiger partial charge in [0.15, 0.2) is 0 Å². The monoisotopic (exact) mass is 275 g/mol. The maximum Gasteiger partial charge on any atom is 0.128 e. The highest BCUT2D eigenvalue weighted by Gasteiger charge is 2.21. The number of piperazine rings is 1. The molecule has 0 bridgehead atoms. The van der Waals surface area contributed by atoms with Crippen LogP contribution in [-0.4, -0.2) is 51.8 Å². The molecule has 2 aliphatic heterocycles. The topological polar surface area (TPSA) is 27.7 Å². The molecular weight excluding hydrogens is 250 g/mol. The summed E-state index contributed by atoms with van der Waals surface area (Å²) in [6.07, 6.45) is 2.36. The van der Waals surface area contributed by atoms with E-state index in [1.165, 1.54) is 23.2 Å². The van der Waals surface area contributed by atoms with E-state index in [1.807, 2.05) is 7.11 Å². The molecule has 1 fully saturated rings. The first-order valence-corrected chi connectivity index (χ1v) is 7.62. The van der Waals surface area contributed by atoms with Gasteiger partial charge in [-0.1, -0.05) is 6.07 Å². The smallest absolute Gasteiger partial charge is 0.128 e. The van der Waals surface area contributed by atoms with Crippen LogP contribution in [0.15, 0.2) is 12.1 Å². The van der Waals surface area contributed by atoms with Crippen LogP contribution in [0.2, 0.25) is 0 Å². The molecule has 1 aromatic carbocycles. The number of nitrogens with zero attached hydrogens (tertiary/aromatic N) is 2. The number of rotatable bonds is 3. The Morgan fingerprint density at radius 3 is 2.75 bits per heavy atom. The number of nitrogens with one attached hydrogen (secondary N) is 1. The lowest BCUT2D eigenvalue weighted by Gasteiger charge is -2.31. The summed E-state index contributed by atoms with van der Waals surface area (Å²) in [4.78, 5) is 4.85. The number of methoxy groups -OCH3 is 1. The van der Waals surface area contributed by atoms with Crippen molar-refractivity contribution in [1.29, 1.82) is 0 Å². The summed E-state index contributed by atoms with van der Waals surface area (Å²) in [6.45, 7) is 6.58. The molecule has 0 aromatic heterocycles. The van der Waals surface area contributed by atoms with Gasteiger partial charge in [0.25, 0.3) is 0 Å². The van der Waals surface area contributed by atoms with Crippen molar-refractivity contribution in [3.05, 3.63) is 23.3 Å². The van der Waals surface area contributed by atoms with Crippen molar-refractivity contribution in [2.45, 2.75) is 19.4 Å². The Hall–Kier alpha value is -1.26. The Morgan fingerprint density at radius 1 is 1.20 bits per heavy atom. The molecule has 20 heavy (non-hydrogen) atoms. The van der Waals surface area contributed by atoms with E-state index in [4.69, 9.17) is 4.74 Å². The summed E-state index contributed by atoms with van der Waals surface area (Å²) >= 11 is 0. The van der Waals surface area contributed by atoms with Crippen LogP contribution in [-0.2, 0) is 13.0 Å². The fourth-order valence-corrected chi connectivity index (χ4v) is 3.37. The molecule has 0 unspecified atom stereocenters. The summed E-state index contributed by atoms with van der Waals surface area (Å²) < 4.78 is 5.76. The van der Waals surface area contributed by atoms with Crippen LogP contribution in [0.25, 0.3) is 0 Å². The average Bonchev–Trinajstić information content (AvgIpc) is 2.48. The highest BCUT2D eigenvalue weighted by molar-refractivity contribution is 5.63. The Bertz CT molecular complexity index is 469. The van der Waals surface area contributed by atoms with E-state index in [9.17, 15) is 0 Å². The standard InChI is InChI=1S/C16H25N3O/c1-18-9-3-4-14-15(18)6-5-13(16(14)20-2)12-19-10-7-17-8-11-19/h5-6,17H,3-4,7-12H2,1-2H3. The summed E-state index contributed by atoms with van der Waals surface area (Å²) in [7, 11) is 3.99. The molecule has 4 nitrogen and oxygen atoms in total. The Labute approximate surface area is 121 Å². The minimum absolute atomic E-state index is 1.00. The van der Waals surface area contributed by atoms with Crippen LogP contribution in [0.3, 0.4) is 0 Å². The average molecular weight is 275 g/mol. The number of hydrogen-bond acceptors (Lipinski definition) is 4. The summed E-state index contributed by atoms with van der Waals surface area (Å²) in [6, 6.07) is 4.52. The molecule has 1 saturated heterocycles. The number of benzene rings is 1. The van der Waals surface area contributed by atoms with Crippen LogP contribution in [0.1, 0.15) is 17.5 Å². The molecule has 110 valence electrons. The Morgan fingerprint density at radius 2 is 2.00 bits per heavy atom. The van der Waals surface area contributed by atoms with E-state index >= 15 is 0 Å². The van der Waals surface area contributed by atoms with Gasteiger partial charge in [-0.15, -0.1) is 0 Å². The number of fused-ring (bicyclic) bond motifs is 1. The highest BCUT2D eigenvalue weighted by Crippen LogP contribution is 2.36. The van der Waals surface area contributed by atoms with Crippen molar-refractivity contribution in [3.63, 3.8) is 0 Å². The fourth-order valence-electron chi connectivity index (χ4n) is 3.37. The summed E-state index contributed by atoms with van der Waals surface area (Å²) in [5, 5.41) is 3.41. The van der Waals surface area contributed by atoms with Crippen LogP contribution in [0.5, 0.6) is 5.75 Å². The predicted octanol–water partition coefficient (Wildman–Crippen LogP) is 1.48. The van der Waals surface area contributed by atoms with Crippen LogP contribution >= 0.6 is 0 Å². The summed E-state index contributed by atoms with van der Waals surface area (Å²) in [5.41, 5.74) is 4.08. The van der Waals surface area contributed by atoms with Crippen molar-refractivity contribution < 1.29 is 4.74 Å². The van der Waals surface area contributed by atoms with E-state index in [1.54, 1.807) is 0 Å². The highest BCUT2D eigenvalue weighted by atomic mass is 16.5. The molecule has 0 aliphatic carbocycles. The minimum Gasteiger partial charge on any atom is -0.496 e. The van der Waals surface area contributed by atoms with E-state index < -0.39 is 0 Å². The minimum atomic E-state index is 1.00. The van der Waals surface area contributed by atoms with Gasteiger partial charge in [-0.05, 0) is 18.9 Å². The lowest BCUT2D eigenvalue weighted by atomic mass is 9.97. The van der Waals surface area contributed by atoms with Crippen molar-refractivity contribution in [1.82, 2.24) is 10.2 Å². The third-order valence-corrected chi connectivity index (χ3v) is 4.46. The molecule has 2 aliphatic rings. The zero-order chi connectivity index (χ0) is 13.9. The molecule has 0 amide bonds. The maximum atomic E-state index is 5.76. The quantitative estimate of drug-likeness (QED) is 0.904. The second kappa shape index (κ2) is 6.02. The molecule has 3 rings (SSSR count). The number of anilines is 1. The van der Waals surface area contributed by atoms with E-state index in [2.05, 4.69) is 34.3 Å². The second-order valence-corrected chi connectivity index (χ2v) is 5.81. The molecule has 0 atom stereocenters. The zero-order valence-corrected chi connectivity index (χ0v) is 12.6. The van der Waals surface area contributed by atoms with E-state index in [-0.39, 0.29) is 0 Å². The van der Waals surface area contributed by atoms with Crippen molar-refractivity contribution in [3.8, 4) is 5.75 Å². The van der Waals surface area contributed by atoms with Crippen LogP contribution < -0.4 is 15.0 Å². The molecule has 2 heterocycles. The predicted molar refractivity (Wildman–Crippen MR) is 82.7 cm³/mol. The Balaban J connectivity index is 1.87. The van der Waals surface area contributed by atoms with Gasteiger partial charge in [0.1, 0.15) is 5.75 Å². The van der Waals surface area contributed by atoms with Gasteiger partial charge in [0.05, 0.1) is 7.11 Å². The molecule has 0 spiro atoms. The first-order valence-electron chi connectivity index (χ1n) is 7.62. The third-order valence-electron chi connectivity index (χ3n) is 4.46. The third kappa shape index (κ3) is 2.63. The van der Waals surface area contributed by atoms with Gasteiger partial charge in [-0.2, -0.15) is 0 Å². The molecule has 1 aromatic rings. The fraction of sp³-hybridized carbons (Fsp3) is 0.625. The van der Waals surface area contributed by atoms with E-state index in [0.29, 0.717) is 0 Å². The first kappa shape index (κ1) is 13.7. The van der Waals surface area contributed by atoms with Gasteiger partial charge in [-0.3, -0.25) is 4.90 Å².